The van der Waals surface area contributed by atoms with Gasteiger partial charge in [-0.05, 0) is 36.2 Å². The number of aryl methyl sites for hydroxylation is 1. The summed E-state index contributed by atoms with van der Waals surface area (Å²) in [6, 6.07) is 10.9. The molecule has 0 radical (unpaired) electrons. The van der Waals surface area contributed by atoms with E-state index in [0.29, 0.717) is 29.1 Å². The molecule has 3 N–H and O–H groups in total. The minimum atomic E-state index is -1.06. The predicted molar refractivity (Wildman–Crippen MR) is 105 cm³/mol. The van der Waals surface area contributed by atoms with Crippen LogP contribution < -0.4 is 15.4 Å². The van der Waals surface area contributed by atoms with Gasteiger partial charge in [-0.3, -0.25) is 0 Å². The number of rotatable bonds is 7. The molecule has 144 valence electrons. The molecule has 0 bridgehead atoms. The Morgan fingerprint density at radius 3 is 2.50 bits per heavy atom. The van der Waals surface area contributed by atoms with Crippen molar-refractivity contribution in [2.24, 2.45) is 0 Å². The average molecular weight is 400 g/mol. The van der Waals surface area contributed by atoms with E-state index in [4.69, 9.17) is 21.4 Å². The standard InChI is InChI=1S/C19H18ClN5O3/c1-12-6-14(9-21-18-22-10-15(20)11-23-18)7-17(25-12)28-16-4-2-13(3-5-16)8-24-19(26)27/h2-7,10-11,24H,8-9H2,1H3,(H,26,27)(H,21,22,23). The smallest absolute Gasteiger partial charge is 0.404 e. The van der Waals surface area contributed by atoms with Crippen molar-refractivity contribution in [3.05, 3.63) is 70.6 Å². The Bertz CT molecular complexity index is 949. The van der Waals surface area contributed by atoms with Crippen LogP contribution in [0.15, 0.2) is 48.8 Å². The van der Waals surface area contributed by atoms with Crippen molar-refractivity contribution in [2.45, 2.75) is 20.0 Å². The van der Waals surface area contributed by atoms with E-state index in [1.807, 2.05) is 19.1 Å². The molecule has 0 aliphatic carbocycles. The summed E-state index contributed by atoms with van der Waals surface area (Å²) in [5.41, 5.74) is 2.61. The average Bonchev–Trinajstić information content (AvgIpc) is 2.66. The number of hydrogen-bond acceptors (Lipinski definition) is 6. The first kappa shape index (κ1) is 19.4. The molecule has 0 fully saturated rings. The van der Waals surface area contributed by atoms with Gasteiger partial charge in [0.1, 0.15) is 5.75 Å². The first-order valence-electron chi connectivity index (χ1n) is 8.40. The number of ether oxygens (including phenoxy) is 1. The van der Waals surface area contributed by atoms with Gasteiger partial charge in [0.15, 0.2) is 0 Å². The number of nitrogens with zero attached hydrogens (tertiary/aromatic N) is 3. The van der Waals surface area contributed by atoms with Gasteiger partial charge in [-0.15, -0.1) is 0 Å². The van der Waals surface area contributed by atoms with Crippen molar-refractivity contribution in [1.82, 2.24) is 20.3 Å². The van der Waals surface area contributed by atoms with Gasteiger partial charge in [-0.2, -0.15) is 0 Å². The van der Waals surface area contributed by atoms with Crippen LogP contribution >= 0.6 is 11.6 Å². The molecule has 9 heteroatoms. The lowest BCUT2D eigenvalue weighted by Crippen LogP contribution is -2.19. The third kappa shape index (κ3) is 5.82. The summed E-state index contributed by atoms with van der Waals surface area (Å²) in [5, 5.41) is 14.6. The first-order valence-corrected chi connectivity index (χ1v) is 8.78. The van der Waals surface area contributed by atoms with Crippen LogP contribution in [-0.4, -0.2) is 26.2 Å². The van der Waals surface area contributed by atoms with E-state index < -0.39 is 6.09 Å². The molecule has 1 aromatic carbocycles. The molecule has 0 aliphatic rings. The van der Waals surface area contributed by atoms with Crippen LogP contribution in [-0.2, 0) is 13.1 Å². The van der Waals surface area contributed by atoms with Crippen LogP contribution in [0.3, 0.4) is 0 Å². The maximum Gasteiger partial charge on any atom is 0.404 e. The van der Waals surface area contributed by atoms with Crippen molar-refractivity contribution in [2.75, 3.05) is 5.32 Å². The Balaban J connectivity index is 1.64. The molecule has 1 amide bonds. The number of aromatic nitrogens is 3. The highest BCUT2D eigenvalue weighted by molar-refractivity contribution is 6.30. The largest absolute Gasteiger partial charge is 0.465 e. The molecule has 28 heavy (non-hydrogen) atoms. The van der Waals surface area contributed by atoms with Gasteiger partial charge in [-0.25, -0.2) is 19.7 Å². The van der Waals surface area contributed by atoms with Crippen LogP contribution in [0.1, 0.15) is 16.8 Å². The van der Waals surface area contributed by atoms with Gasteiger partial charge in [0, 0.05) is 24.8 Å². The minimum absolute atomic E-state index is 0.237. The lowest BCUT2D eigenvalue weighted by atomic mass is 10.2. The summed E-state index contributed by atoms with van der Waals surface area (Å²) in [7, 11) is 0. The normalized spacial score (nSPS) is 10.4. The summed E-state index contributed by atoms with van der Waals surface area (Å²) < 4.78 is 5.82. The number of anilines is 1. The molecular weight excluding hydrogens is 382 g/mol. The van der Waals surface area contributed by atoms with Gasteiger partial charge in [0.05, 0.1) is 17.4 Å². The number of carbonyl (C=O) groups is 1. The summed E-state index contributed by atoms with van der Waals surface area (Å²) in [6.45, 7) is 2.62. The second-order valence-electron chi connectivity index (χ2n) is 5.94. The quantitative estimate of drug-likeness (QED) is 0.550. The van der Waals surface area contributed by atoms with Gasteiger partial charge in [-0.1, -0.05) is 23.7 Å². The van der Waals surface area contributed by atoms with E-state index in [1.165, 1.54) is 12.4 Å². The van der Waals surface area contributed by atoms with Crippen molar-refractivity contribution >= 4 is 23.6 Å². The molecule has 2 aromatic heterocycles. The molecule has 3 rings (SSSR count). The fraction of sp³-hybridized carbons (Fsp3) is 0.158. The Kier molecular flexibility index (Phi) is 6.23. The zero-order valence-electron chi connectivity index (χ0n) is 15.0. The van der Waals surface area contributed by atoms with Gasteiger partial charge in [0.2, 0.25) is 11.8 Å². The molecule has 0 saturated heterocycles. The molecule has 0 saturated carbocycles. The highest BCUT2D eigenvalue weighted by Crippen LogP contribution is 2.22. The molecule has 0 aliphatic heterocycles. The van der Waals surface area contributed by atoms with Crippen molar-refractivity contribution in [1.29, 1.82) is 0 Å². The third-order valence-electron chi connectivity index (χ3n) is 3.65. The SMILES string of the molecule is Cc1cc(CNc2ncc(Cl)cn2)cc(Oc2ccc(CNC(=O)O)cc2)n1. The maximum atomic E-state index is 10.5. The molecule has 0 unspecified atom stereocenters. The highest BCUT2D eigenvalue weighted by atomic mass is 35.5. The number of benzene rings is 1. The lowest BCUT2D eigenvalue weighted by Gasteiger charge is -2.10. The van der Waals surface area contributed by atoms with E-state index >= 15 is 0 Å². The molecule has 0 atom stereocenters. The van der Waals surface area contributed by atoms with E-state index in [-0.39, 0.29) is 6.54 Å². The Labute approximate surface area is 166 Å². The Hall–Kier alpha value is -3.39. The number of pyridine rings is 1. The van der Waals surface area contributed by atoms with Crippen LogP contribution in [0.25, 0.3) is 0 Å². The number of amides is 1. The lowest BCUT2D eigenvalue weighted by molar-refractivity contribution is 0.194. The van der Waals surface area contributed by atoms with E-state index in [2.05, 4.69) is 25.6 Å². The Morgan fingerprint density at radius 2 is 1.82 bits per heavy atom. The zero-order valence-corrected chi connectivity index (χ0v) is 15.8. The summed E-state index contributed by atoms with van der Waals surface area (Å²) in [4.78, 5) is 23.1. The number of halogens is 1. The molecular formula is C19H18ClN5O3. The molecule has 8 nitrogen and oxygen atoms in total. The molecule has 2 heterocycles. The highest BCUT2D eigenvalue weighted by Gasteiger charge is 2.05. The summed E-state index contributed by atoms with van der Waals surface area (Å²) >= 11 is 5.78. The maximum absolute atomic E-state index is 10.5. The van der Waals surface area contributed by atoms with Crippen LogP contribution in [0.2, 0.25) is 5.02 Å². The van der Waals surface area contributed by atoms with E-state index in [9.17, 15) is 4.79 Å². The van der Waals surface area contributed by atoms with Crippen molar-refractivity contribution in [3.8, 4) is 11.6 Å². The van der Waals surface area contributed by atoms with Gasteiger partial charge in [0.25, 0.3) is 0 Å². The number of carboxylic acid groups (broad SMARTS) is 1. The second-order valence-corrected chi connectivity index (χ2v) is 6.37. The van der Waals surface area contributed by atoms with E-state index in [1.54, 1.807) is 24.3 Å². The zero-order chi connectivity index (χ0) is 19.9. The minimum Gasteiger partial charge on any atom is -0.465 e. The number of hydrogen-bond donors (Lipinski definition) is 3. The fourth-order valence-electron chi connectivity index (χ4n) is 2.42. The third-order valence-corrected chi connectivity index (χ3v) is 3.85. The summed E-state index contributed by atoms with van der Waals surface area (Å²) in [5.74, 6) is 1.55. The van der Waals surface area contributed by atoms with E-state index in [0.717, 1.165) is 16.8 Å². The van der Waals surface area contributed by atoms with Gasteiger partial charge < -0.3 is 20.5 Å². The predicted octanol–water partition coefficient (Wildman–Crippen LogP) is 4.01. The van der Waals surface area contributed by atoms with Crippen molar-refractivity contribution in [3.63, 3.8) is 0 Å². The Morgan fingerprint density at radius 1 is 1.11 bits per heavy atom. The van der Waals surface area contributed by atoms with Crippen LogP contribution in [0, 0.1) is 6.92 Å². The first-order chi connectivity index (χ1) is 13.5. The monoisotopic (exact) mass is 399 g/mol. The summed E-state index contributed by atoms with van der Waals surface area (Å²) in [6.07, 6.45) is 1.99. The molecule has 3 aromatic rings. The number of nitrogens with one attached hydrogen (secondary N) is 2. The topological polar surface area (TPSA) is 109 Å². The second kappa shape index (κ2) is 9.01. The van der Waals surface area contributed by atoms with Crippen molar-refractivity contribution < 1.29 is 14.6 Å². The van der Waals surface area contributed by atoms with Gasteiger partial charge >= 0.3 is 6.09 Å². The fourth-order valence-corrected chi connectivity index (χ4v) is 2.52. The molecule has 0 spiro atoms. The van der Waals surface area contributed by atoms with Crippen LogP contribution in [0.4, 0.5) is 10.7 Å². The van der Waals surface area contributed by atoms with Crippen LogP contribution in [0.5, 0.6) is 11.6 Å².